The van der Waals surface area contributed by atoms with E-state index in [1.165, 1.54) is 23.3 Å². The fourth-order valence-electron chi connectivity index (χ4n) is 3.41. The Bertz CT molecular complexity index is 981. The van der Waals surface area contributed by atoms with Crippen molar-refractivity contribution in [3.05, 3.63) is 45.9 Å². The molecule has 0 aliphatic carbocycles. The third kappa shape index (κ3) is 9.19. The molecule has 35 heavy (non-hydrogen) atoms. The lowest BCUT2D eigenvalue weighted by Crippen LogP contribution is -2.41. The molecule has 1 aliphatic heterocycles. The maximum atomic E-state index is 12.8. The van der Waals surface area contributed by atoms with Crippen LogP contribution < -0.4 is 10.6 Å². The Hall–Kier alpha value is -2.57. The predicted octanol–water partition coefficient (Wildman–Crippen LogP) is 1.51. The zero-order valence-corrected chi connectivity index (χ0v) is 21.2. The number of benzene rings is 1. The molecule has 12 heteroatoms. The van der Waals surface area contributed by atoms with Crippen molar-refractivity contribution in [3.63, 3.8) is 0 Å². The molecule has 2 heterocycles. The topological polar surface area (TPSA) is 113 Å². The van der Waals surface area contributed by atoms with Gasteiger partial charge in [-0.25, -0.2) is 4.98 Å². The van der Waals surface area contributed by atoms with Crippen molar-refractivity contribution in [1.29, 1.82) is 0 Å². The second-order valence-corrected chi connectivity index (χ2v) is 9.19. The second-order valence-electron chi connectivity index (χ2n) is 7.90. The summed E-state index contributed by atoms with van der Waals surface area (Å²) in [6, 6.07) is 6.47. The molecule has 1 aromatic carbocycles. The third-order valence-electron chi connectivity index (χ3n) is 5.27. The molecular formula is C23H30ClN5O5S. The fourth-order valence-corrected chi connectivity index (χ4v) is 4.26. The van der Waals surface area contributed by atoms with E-state index in [4.69, 9.17) is 21.1 Å². The normalized spacial score (nSPS) is 13.9. The van der Waals surface area contributed by atoms with Gasteiger partial charge in [-0.2, -0.15) is 0 Å². The highest BCUT2D eigenvalue weighted by atomic mass is 35.5. The molecule has 190 valence electrons. The number of halogens is 1. The van der Waals surface area contributed by atoms with E-state index in [0.29, 0.717) is 28.0 Å². The van der Waals surface area contributed by atoms with Crippen LogP contribution in [-0.4, -0.2) is 98.7 Å². The van der Waals surface area contributed by atoms with E-state index in [0.717, 1.165) is 32.8 Å². The van der Waals surface area contributed by atoms with Gasteiger partial charge >= 0.3 is 0 Å². The van der Waals surface area contributed by atoms with E-state index < -0.39 is 0 Å². The minimum atomic E-state index is -0.390. The van der Waals surface area contributed by atoms with Crippen LogP contribution in [0.4, 0.5) is 5.13 Å². The van der Waals surface area contributed by atoms with Gasteiger partial charge in [-0.15, -0.1) is 11.3 Å². The second kappa shape index (κ2) is 14.1. The highest BCUT2D eigenvalue weighted by Crippen LogP contribution is 2.16. The van der Waals surface area contributed by atoms with Crippen LogP contribution in [0.1, 0.15) is 16.1 Å². The number of rotatable bonds is 12. The molecule has 0 bridgehead atoms. The Morgan fingerprint density at radius 2 is 1.94 bits per heavy atom. The van der Waals surface area contributed by atoms with Crippen molar-refractivity contribution in [1.82, 2.24) is 20.1 Å². The van der Waals surface area contributed by atoms with Gasteiger partial charge in [0.15, 0.2) is 5.13 Å². The van der Waals surface area contributed by atoms with Gasteiger partial charge in [0.1, 0.15) is 6.54 Å². The van der Waals surface area contributed by atoms with Crippen LogP contribution in [0.3, 0.4) is 0 Å². The minimum Gasteiger partial charge on any atom is -0.383 e. The number of nitrogens with one attached hydrogen (secondary N) is 2. The number of methoxy groups -OCH3 is 1. The van der Waals surface area contributed by atoms with Crippen LogP contribution in [0.15, 0.2) is 29.6 Å². The number of carbonyl (C=O) groups excluding carboxylic acids is 3. The summed E-state index contributed by atoms with van der Waals surface area (Å²) in [5, 5.41) is 8.23. The molecule has 0 radical (unpaired) electrons. The molecule has 0 saturated carbocycles. The zero-order chi connectivity index (χ0) is 25.0. The molecule has 1 saturated heterocycles. The molecule has 10 nitrogen and oxygen atoms in total. The van der Waals surface area contributed by atoms with Crippen LogP contribution in [0.5, 0.6) is 0 Å². The van der Waals surface area contributed by atoms with Gasteiger partial charge in [-0.05, 0) is 24.3 Å². The molecule has 3 amide bonds. The summed E-state index contributed by atoms with van der Waals surface area (Å²) in [5.41, 5.74) is 0.997. The quantitative estimate of drug-likeness (QED) is 0.433. The SMILES string of the molecule is COCCN(CC(=O)Nc1nc(CC(=O)NCCN2CCOCC2)cs1)C(=O)c1ccc(Cl)cc1. The lowest BCUT2D eigenvalue weighted by atomic mass is 10.2. The number of nitrogens with zero attached hydrogens (tertiary/aromatic N) is 3. The number of hydrogen-bond acceptors (Lipinski definition) is 8. The summed E-state index contributed by atoms with van der Waals surface area (Å²) in [4.78, 5) is 45.6. The Labute approximate surface area is 213 Å². The molecule has 0 atom stereocenters. The highest BCUT2D eigenvalue weighted by Gasteiger charge is 2.20. The van der Waals surface area contributed by atoms with Gasteiger partial charge in [-0.1, -0.05) is 11.6 Å². The first-order chi connectivity index (χ1) is 16.9. The van der Waals surface area contributed by atoms with Crippen molar-refractivity contribution >= 4 is 45.8 Å². The molecule has 0 spiro atoms. The summed E-state index contributed by atoms with van der Waals surface area (Å²) in [5.74, 6) is -0.817. The van der Waals surface area contributed by atoms with Crippen LogP contribution in [0, 0.1) is 0 Å². The number of anilines is 1. The van der Waals surface area contributed by atoms with Crippen LogP contribution in [-0.2, 0) is 25.5 Å². The maximum absolute atomic E-state index is 12.8. The molecule has 0 unspecified atom stereocenters. The molecule has 1 aromatic heterocycles. The number of ether oxygens (including phenoxy) is 2. The largest absolute Gasteiger partial charge is 0.383 e. The number of thiazole rings is 1. The first-order valence-corrected chi connectivity index (χ1v) is 12.5. The van der Waals surface area contributed by atoms with Crippen molar-refractivity contribution < 1.29 is 23.9 Å². The molecule has 1 fully saturated rings. The number of aromatic nitrogens is 1. The van der Waals surface area contributed by atoms with E-state index >= 15 is 0 Å². The Morgan fingerprint density at radius 3 is 2.66 bits per heavy atom. The van der Waals surface area contributed by atoms with Crippen molar-refractivity contribution in [2.24, 2.45) is 0 Å². The summed E-state index contributed by atoms with van der Waals surface area (Å²) >= 11 is 7.13. The van der Waals surface area contributed by atoms with E-state index in [9.17, 15) is 14.4 Å². The van der Waals surface area contributed by atoms with Crippen molar-refractivity contribution in [3.8, 4) is 0 Å². The lowest BCUT2D eigenvalue weighted by Gasteiger charge is -2.26. The van der Waals surface area contributed by atoms with Gasteiger partial charge in [0, 0.05) is 55.8 Å². The van der Waals surface area contributed by atoms with Gasteiger partial charge < -0.3 is 25.0 Å². The lowest BCUT2D eigenvalue weighted by molar-refractivity contribution is -0.120. The van der Waals surface area contributed by atoms with Crippen molar-refractivity contribution in [2.45, 2.75) is 6.42 Å². The highest BCUT2D eigenvalue weighted by molar-refractivity contribution is 7.13. The standard InChI is InChI=1S/C23H30ClN5O5S/c1-33-11-10-29(22(32)17-2-4-18(24)5-3-17)15-21(31)27-23-26-19(16-35-23)14-20(30)25-6-7-28-8-12-34-13-9-28/h2-5,16H,6-15H2,1H3,(H,25,30)(H,26,27,31). The van der Waals surface area contributed by atoms with E-state index in [2.05, 4.69) is 20.5 Å². The summed E-state index contributed by atoms with van der Waals surface area (Å²) in [6.07, 6.45) is 0.129. The summed E-state index contributed by atoms with van der Waals surface area (Å²) in [6.45, 7) is 4.91. The number of amides is 3. The number of carbonyl (C=O) groups is 3. The fraction of sp³-hybridized carbons (Fsp3) is 0.478. The molecule has 1 aliphatic rings. The minimum absolute atomic E-state index is 0.124. The van der Waals surface area contributed by atoms with Crippen LogP contribution in [0.2, 0.25) is 5.02 Å². The average Bonchev–Trinajstić information content (AvgIpc) is 3.28. The first-order valence-electron chi connectivity index (χ1n) is 11.3. The number of morpholine rings is 1. The van der Waals surface area contributed by atoms with Gasteiger partial charge in [0.2, 0.25) is 11.8 Å². The predicted molar refractivity (Wildman–Crippen MR) is 134 cm³/mol. The van der Waals surface area contributed by atoms with E-state index in [-0.39, 0.29) is 43.8 Å². The van der Waals surface area contributed by atoms with E-state index in [1.54, 1.807) is 29.6 Å². The monoisotopic (exact) mass is 523 g/mol. The smallest absolute Gasteiger partial charge is 0.254 e. The third-order valence-corrected chi connectivity index (χ3v) is 6.33. The Morgan fingerprint density at radius 1 is 1.20 bits per heavy atom. The maximum Gasteiger partial charge on any atom is 0.254 e. The van der Waals surface area contributed by atoms with E-state index in [1.807, 2.05) is 0 Å². The number of hydrogen-bond donors (Lipinski definition) is 2. The Balaban J connectivity index is 1.46. The summed E-state index contributed by atoms with van der Waals surface area (Å²) in [7, 11) is 1.53. The summed E-state index contributed by atoms with van der Waals surface area (Å²) < 4.78 is 10.4. The van der Waals surface area contributed by atoms with Crippen molar-refractivity contribution in [2.75, 3.05) is 71.5 Å². The first kappa shape index (κ1) is 27.0. The molecular weight excluding hydrogens is 494 g/mol. The molecule has 3 rings (SSSR count). The van der Waals surface area contributed by atoms with Gasteiger partial charge in [-0.3, -0.25) is 19.3 Å². The van der Waals surface area contributed by atoms with Crippen LogP contribution in [0.25, 0.3) is 0 Å². The molecule has 2 aromatic rings. The van der Waals surface area contributed by atoms with Gasteiger partial charge in [0.25, 0.3) is 5.91 Å². The van der Waals surface area contributed by atoms with Gasteiger partial charge in [0.05, 0.1) is 31.9 Å². The molecule has 2 N–H and O–H groups in total. The zero-order valence-electron chi connectivity index (χ0n) is 19.6. The Kier molecular flexibility index (Phi) is 10.9. The van der Waals surface area contributed by atoms with Crippen LogP contribution >= 0.6 is 22.9 Å². The average molecular weight is 524 g/mol.